The molecule has 4 N–H and O–H groups in total. The molecule has 0 spiro atoms. The fourth-order valence-electron chi connectivity index (χ4n) is 1.51. The highest BCUT2D eigenvalue weighted by molar-refractivity contribution is 5.56. The zero-order valence-corrected chi connectivity index (χ0v) is 9.28. The molecule has 0 aliphatic rings. The Kier molecular flexibility index (Phi) is 2.38. The number of nitrogens with zero attached hydrogens (tertiary/aromatic N) is 5. The lowest BCUT2D eigenvalue weighted by molar-refractivity contribution is 1.06. The Morgan fingerprint density at radius 2 is 1.83 bits per heavy atom. The largest absolute Gasteiger partial charge is 0.368 e. The second-order valence-corrected chi connectivity index (χ2v) is 3.59. The van der Waals surface area contributed by atoms with Gasteiger partial charge in [-0.1, -0.05) is 0 Å². The molecule has 3 aromatic rings. The van der Waals surface area contributed by atoms with Crippen molar-refractivity contribution >= 4 is 17.6 Å². The molecule has 3 rings (SSSR count). The van der Waals surface area contributed by atoms with Crippen LogP contribution in [-0.4, -0.2) is 29.9 Å². The molecule has 0 unspecified atom stereocenters. The molecule has 0 radical (unpaired) electrons. The summed E-state index contributed by atoms with van der Waals surface area (Å²) in [6.07, 6.45) is 3.27. The van der Waals surface area contributed by atoms with E-state index in [4.69, 9.17) is 5.73 Å². The van der Waals surface area contributed by atoms with Gasteiger partial charge in [-0.05, 0) is 24.3 Å². The summed E-state index contributed by atoms with van der Waals surface area (Å²) >= 11 is 0. The van der Waals surface area contributed by atoms with Gasteiger partial charge in [0.25, 0.3) is 0 Å². The van der Waals surface area contributed by atoms with Crippen molar-refractivity contribution in [2.45, 2.75) is 0 Å². The van der Waals surface area contributed by atoms with Crippen LogP contribution in [0.15, 0.2) is 36.9 Å². The van der Waals surface area contributed by atoms with Crippen molar-refractivity contribution in [2.24, 2.45) is 0 Å². The van der Waals surface area contributed by atoms with E-state index in [-0.39, 0.29) is 5.95 Å². The number of hydrogen-bond acceptors (Lipinski definition) is 6. The summed E-state index contributed by atoms with van der Waals surface area (Å²) < 4.78 is 1.81. The maximum absolute atomic E-state index is 5.43. The SMILES string of the molecule is Nc1nc(Nc2ccc(-n3cnnc3)cc2)n[nH]1. The van der Waals surface area contributed by atoms with Gasteiger partial charge in [-0.3, -0.25) is 4.57 Å². The monoisotopic (exact) mass is 242 g/mol. The first-order valence-electron chi connectivity index (χ1n) is 5.21. The molecule has 0 bridgehead atoms. The lowest BCUT2D eigenvalue weighted by atomic mass is 10.3. The van der Waals surface area contributed by atoms with E-state index in [0.717, 1.165) is 11.4 Å². The summed E-state index contributed by atoms with van der Waals surface area (Å²) in [4.78, 5) is 3.95. The van der Waals surface area contributed by atoms with E-state index in [0.29, 0.717) is 5.95 Å². The number of anilines is 3. The van der Waals surface area contributed by atoms with Crippen molar-refractivity contribution in [3.63, 3.8) is 0 Å². The van der Waals surface area contributed by atoms with Crippen LogP contribution in [0.4, 0.5) is 17.6 Å². The summed E-state index contributed by atoms with van der Waals surface area (Å²) in [5, 5.41) is 17.0. The van der Waals surface area contributed by atoms with E-state index in [2.05, 4.69) is 30.7 Å². The second-order valence-electron chi connectivity index (χ2n) is 3.59. The van der Waals surface area contributed by atoms with Crippen LogP contribution in [0.25, 0.3) is 5.69 Å². The highest BCUT2D eigenvalue weighted by Crippen LogP contribution is 2.15. The van der Waals surface area contributed by atoms with Gasteiger partial charge in [-0.25, -0.2) is 5.10 Å². The summed E-state index contributed by atoms with van der Waals surface area (Å²) in [6, 6.07) is 7.67. The zero-order valence-electron chi connectivity index (χ0n) is 9.28. The van der Waals surface area contributed by atoms with Gasteiger partial charge in [0, 0.05) is 11.4 Å². The van der Waals surface area contributed by atoms with E-state index in [9.17, 15) is 0 Å². The Bertz CT molecular complexity index is 624. The minimum absolute atomic E-state index is 0.276. The molecule has 2 heterocycles. The molecule has 0 aliphatic heterocycles. The van der Waals surface area contributed by atoms with Crippen molar-refractivity contribution in [1.82, 2.24) is 29.9 Å². The van der Waals surface area contributed by atoms with E-state index in [1.807, 2.05) is 28.8 Å². The fourth-order valence-corrected chi connectivity index (χ4v) is 1.51. The fraction of sp³-hybridized carbons (Fsp3) is 0. The average molecular weight is 242 g/mol. The lowest BCUT2D eigenvalue weighted by Gasteiger charge is -2.04. The van der Waals surface area contributed by atoms with E-state index in [1.165, 1.54) is 0 Å². The molecule has 0 saturated carbocycles. The Morgan fingerprint density at radius 1 is 1.11 bits per heavy atom. The molecule has 0 atom stereocenters. The first-order valence-corrected chi connectivity index (χ1v) is 5.21. The average Bonchev–Trinajstić information content (AvgIpc) is 3.02. The highest BCUT2D eigenvalue weighted by Gasteiger charge is 2.01. The molecule has 18 heavy (non-hydrogen) atoms. The van der Waals surface area contributed by atoms with Crippen LogP contribution in [0.3, 0.4) is 0 Å². The standard InChI is InChI=1S/C10H10N8/c11-9-15-10(17-16-9)14-7-1-3-8(4-2-7)18-5-12-13-6-18/h1-6H,(H4,11,14,15,16,17). The highest BCUT2D eigenvalue weighted by atomic mass is 15.3. The van der Waals surface area contributed by atoms with Gasteiger partial charge in [-0.2, -0.15) is 4.98 Å². The summed E-state index contributed by atoms with van der Waals surface area (Å²) in [6.45, 7) is 0. The molecule has 0 saturated heterocycles. The van der Waals surface area contributed by atoms with Crippen molar-refractivity contribution in [1.29, 1.82) is 0 Å². The minimum atomic E-state index is 0.276. The van der Waals surface area contributed by atoms with Gasteiger partial charge in [0.15, 0.2) is 0 Å². The number of hydrogen-bond donors (Lipinski definition) is 3. The van der Waals surface area contributed by atoms with Crippen LogP contribution >= 0.6 is 0 Å². The molecule has 8 nitrogen and oxygen atoms in total. The number of benzene rings is 1. The predicted octanol–water partition coefficient (Wildman–Crippen LogP) is 0.711. The molecule has 0 fully saturated rings. The maximum Gasteiger partial charge on any atom is 0.248 e. The summed E-state index contributed by atoms with van der Waals surface area (Å²) in [5.74, 6) is 0.711. The third-order valence-corrected chi connectivity index (χ3v) is 2.34. The first-order chi connectivity index (χ1) is 8.81. The van der Waals surface area contributed by atoms with Crippen molar-refractivity contribution in [3.05, 3.63) is 36.9 Å². The zero-order chi connectivity index (χ0) is 12.4. The van der Waals surface area contributed by atoms with Crippen LogP contribution in [0.5, 0.6) is 0 Å². The first kappa shape index (κ1) is 10.3. The Hall–Kier alpha value is -2.90. The second kappa shape index (κ2) is 4.17. The van der Waals surface area contributed by atoms with Gasteiger partial charge in [0.05, 0.1) is 0 Å². The number of nitrogens with two attached hydrogens (primary N) is 1. The number of aromatic amines is 1. The summed E-state index contributed by atoms with van der Waals surface area (Å²) in [7, 11) is 0. The molecule has 8 heteroatoms. The van der Waals surface area contributed by atoms with Crippen LogP contribution in [0, 0.1) is 0 Å². The Balaban J connectivity index is 1.79. The topological polar surface area (TPSA) is 110 Å². The molecule has 90 valence electrons. The molecular formula is C10H10N8. The molecule has 2 aromatic heterocycles. The van der Waals surface area contributed by atoms with E-state index >= 15 is 0 Å². The van der Waals surface area contributed by atoms with Crippen LogP contribution in [0.1, 0.15) is 0 Å². The Labute approximate surface area is 102 Å². The van der Waals surface area contributed by atoms with Gasteiger partial charge >= 0.3 is 0 Å². The predicted molar refractivity (Wildman–Crippen MR) is 65.4 cm³/mol. The number of aromatic nitrogens is 6. The normalized spacial score (nSPS) is 10.4. The van der Waals surface area contributed by atoms with Crippen molar-refractivity contribution in [3.8, 4) is 5.69 Å². The number of H-pyrrole nitrogens is 1. The lowest BCUT2D eigenvalue weighted by Crippen LogP contribution is -1.94. The van der Waals surface area contributed by atoms with E-state index < -0.39 is 0 Å². The third-order valence-electron chi connectivity index (χ3n) is 2.34. The third kappa shape index (κ3) is 1.98. The van der Waals surface area contributed by atoms with Crippen LogP contribution in [-0.2, 0) is 0 Å². The quantitative estimate of drug-likeness (QED) is 0.624. The Morgan fingerprint density at radius 3 is 2.44 bits per heavy atom. The molecule has 0 aliphatic carbocycles. The number of rotatable bonds is 3. The molecular weight excluding hydrogens is 232 g/mol. The van der Waals surface area contributed by atoms with Crippen LogP contribution in [0.2, 0.25) is 0 Å². The van der Waals surface area contributed by atoms with E-state index in [1.54, 1.807) is 12.7 Å². The van der Waals surface area contributed by atoms with Crippen molar-refractivity contribution in [2.75, 3.05) is 11.1 Å². The maximum atomic E-state index is 5.43. The minimum Gasteiger partial charge on any atom is -0.368 e. The number of nitrogens with one attached hydrogen (secondary N) is 2. The smallest absolute Gasteiger partial charge is 0.248 e. The molecule has 1 aromatic carbocycles. The summed E-state index contributed by atoms with van der Waals surface area (Å²) in [5.41, 5.74) is 7.27. The van der Waals surface area contributed by atoms with Gasteiger partial charge in [0.2, 0.25) is 11.9 Å². The van der Waals surface area contributed by atoms with Gasteiger partial charge in [-0.15, -0.1) is 15.3 Å². The van der Waals surface area contributed by atoms with Gasteiger partial charge in [0.1, 0.15) is 12.7 Å². The van der Waals surface area contributed by atoms with Crippen molar-refractivity contribution < 1.29 is 0 Å². The van der Waals surface area contributed by atoms with Gasteiger partial charge < -0.3 is 11.1 Å². The number of nitrogen functional groups attached to an aromatic ring is 1. The van der Waals surface area contributed by atoms with Crippen LogP contribution < -0.4 is 11.1 Å². The molecule has 0 amide bonds.